The van der Waals surface area contributed by atoms with Crippen LogP contribution in [0.5, 0.6) is 5.88 Å². The summed E-state index contributed by atoms with van der Waals surface area (Å²) in [5.74, 6) is -0.366. The summed E-state index contributed by atoms with van der Waals surface area (Å²) in [5.41, 5.74) is -0.599. The molecule has 8 heteroatoms. The summed E-state index contributed by atoms with van der Waals surface area (Å²) in [6, 6.07) is 1.59. The lowest BCUT2D eigenvalue weighted by Crippen LogP contribution is -2.64. The van der Waals surface area contributed by atoms with Crippen LogP contribution in [0.2, 0.25) is 0 Å². The number of ether oxygens (including phenoxy) is 2. The Labute approximate surface area is 115 Å². The number of aromatic nitrogens is 1. The first-order valence-corrected chi connectivity index (χ1v) is 6.08. The predicted molar refractivity (Wildman–Crippen MR) is 65.3 cm³/mol. The fourth-order valence-corrected chi connectivity index (χ4v) is 1.90. The van der Waals surface area contributed by atoms with Crippen molar-refractivity contribution >= 4 is 11.9 Å². The van der Waals surface area contributed by atoms with Gasteiger partial charge in [0.25, 0.3) is 11.8 Å². The molecule has 0 bridgehead atoms. The molecule has 1 amide bonds. The van der Waals surface area contributed by atoms with Crippen LogP contribution in [0, 0.1) is 6.92 Å². The Balaban J connectivity index is 1.72. The first-order chi connectivity index (χ1) is 9.38. The van der Waals surface area contributed by atoms with Gasteiger partial charge in [-0.25, -0.2) is 4.79 Å². The molecule has 0 unspecified atom stereocenters. The minimum absolute atomic E-state index is 0.138. The molecule has 1 N–H and O–H groups in total. The smallest absolute Gasteiger partial charge is 0.329 e. The lowest BCUT2D eigenvalue weighted by molar-refractivity contribution is -0.174. The quantitative estimate of drug-likeness (QED) is 0.788. The molecule has 0 aliphatic carbocycles. The third-order valence-corrected chi connectivity index (χ3v) is 2.90. The maximum atomic E-state index is 11.8. The molecule has 0 radical (unpaired) electrons. The van der Waals surface area contributed by atoms with E-state index >= 15 is 0 Å². The van der Waals surface area contributed by atoms with Crippen molar-refractivity contribution in [1.29, 1.82) is 0 Å². The van der Waals surface area contributed by atoms with Gasteiger partial charge >= 0.3 is 5.97 Å². The summed E-state index contributed by atoms with van der Waals surface area (Å²) < 4.78 is 15.2. The van der Waals surface area contributed by atoms with Crippen molar-refractivity contribution in [1.82, 2.24) is 10.1 Å². The summed E-state index contributed by atoms with van der Waals surface area (Å²) >= 11 is 0. The van der Waals surface area contributed by atoms with E-state index in [0.717, 1.165) is 0 Å². The van der Waals surface area contributed by atoms with Crippen molar-refractivity contribution in [3.05, 3.63) is 11.8 Å². The molecule has 1 aromatic rings. The SMILES string of the molecule is Cc1cc(OCC(=O)N2CC(C)(OCC(=O)O)C2)no1. The average molecular weight is 284 g/mol. The van der Waals surface area contributed by atoms with Gasteiger partial charge in [-0.15, -0.1) is 0 Å². The largest absolute Gasteiger partial charge is 0.480 e. The molecule has 20 heavy (non-hydrogen) atoms. The van der Waals surface area contributed by atoms with Crippen LogP contribution in [0.4, 0.5) is 0 Å². The molecule has 1 fully saturated rings. The van der Waals surface area contributed by atoms with E-state index in [-0.39, 0.29) is 25.0 Å². The maximum Gasteiger partial charge on any atom is 0.329 e. The van der Waals surface area contributed by atoms with Crippen LogP contribution in [0.15, 0.2) is 10.6 Å². The molecular formula is C12H16N2O6. The Morgan fingerprint density at radius 2 is 2.20 bits per heavy atom. The molecule has 1 aliphatic rings. The number of carbonyl (C=O) groups is 2. The van der Waals surface area contributed by atoms with E-state index in [2.05, 4.69) is 5.16 Å². The lowest BCUT2D eigenvalue weighted by Gasteiger charge is -2.47. The van der Waals surface area contributed by atoms with Crippen molar-refractivity contribution in [3.63, 3.8) is 0 Å². The molecule has 0 aromatic carbocycles. The Hall–Kier alpha value is -2.09. The number of likely N-dealkylation sites (tertiary alicyclic amines) is 1. The van der Waals surface area contributed by atoms with E-state index in [1.54, 1.807) is 19.9 Å². The Kier molecular flexibility index (Phi) is 3.93. The van der Waals surface area contributed by atoms with Gasteiger partial charge in [-0.1, -0.05) is 0 Å². The average Bonchev–Trinajstić information content (AvgIpc) is 2.76. The van der Waals surface area contributed by atoms with Gasteiger partial charge in [0.1, 0.15) is 18.0 Å². The molecule has 0 saturated carbocycles. The van der Waals surface area contributed by atoms with Gasteiger partial charge in [0.2, 0.25) is 0 Å². The second-order valence-electron chi connectivity index (χ2n) is 4.95. The second-order valence-corrected chi connectivity index (χ2v) is 4.95. The molecule has 110 valence electrons. The van der Waals surface area contributed by atoms with Crippen molar-refractivity contribution in [2.75, 3.05) is 26.3 Å². The van der Waals surface area contributed by atoms with E-state index in [9.17, 15) is 9.59 Å². The molecule has 8 nitrogen and oxygen atoms in total. The van der Waals surface area contributed by atoms with Gasteiger partial charge < -0.3 is 24.0 Å². The number of carboxylic acids is 1. The highest BCUT2D eigenvalue weighted by atomic mass is 16.5. The highest BCUT2D eigenvalue weighted by Crippen LogP contribution is 2.24. The van der Waals surface area contributed by atoms with E-state index in [0.29, 0.717) is 18.8 Å². The highest BCUT2D eigenvalue weighted by Gasteiger charge is 2.42. The van der Waals surface area contributed by atoms with Crippen LogP contribution in [-0.2, 0) is 14.3 Å². The molecular weight excluding hydrogens is 268 g/mol. The van der Waals surface area contributed by atoms with Gasteiger partial charge in [0.15, 0.2) is 6.61 Å². The molecule has 0 spiro atoms. The van der Waals surface area contributed by atoms with Gasteiger partial charge in [-0.2, -0.15) is 0 Å². The van der Waals surface area contributed by atoms with E-state index in [1.165, 1.54) is 4.90 Å². The number of aliphatic carboxylic acids is 1. The van der Waals surface area contributed by atoms with E-state index in [1.807, 2.05) is 0 Å². The summed E-state index contributed by atoms with van der Waals surface area (Å²) in [6.07, 6.45) is 0. The van der Waals surface area contributed by atoms with Crippen LogP contribution < -0.4 is 4.74 Å². The van der Waals surface area contributed by atoms with Gasteiger partial charge in [-0.05, 0) is 19.0 Å². The highest BCUT2D eigenvalue weighted by molar-refractivity contribution is 5.79. The van der Waals surface area contributed by atoms with Crippen molar-refractivity contribution < 1.29 is 28.7 Å². The zero-order chi connectivity index (χ0) is 14.8. The van der Waals surface area contributed by atoms with Crippen LogP contribution in [0.3, 0.4) is 0 Å². The Bertz CT molecular complexity index is 506. The maximum absolute atomic E-state index is 11.8. The summed E-state index contributed by atoms with van der Waals surface area (Å²) in [6.45, 7) is 3.68. The summed E-state index contributed by atoms with van der Waals surface area (Å²) in [4.78, 5) is 23.8. The minimum Gasteiger partial charge on any atom is -0.480 e. The number of aryl methyl sites for hydroxylation is 1. The normalized spacial score (nSPS) is 16.6. The third-order valence-electron chi connectivity index (χ3n) is 2.90. The molecule has 1 saturated heterocycles. The lowest BCUT2D eigenvalue weighted by atomic mass is 9.96. The monoisotopic (exact) mass is 284 g/mol. The van der Waals surface area contributed by atoms with Crippen LogP contribution in [0.25, 0.3) is 0 Å². The molecule has 2 heterocycles. The third kappa shape index (κ3) is 3.47. The Morgan fingerprint density at radius 3 is 2.75 bits per heavy atom. The molecule has 1 aliphatic heterocycles. The standard InChI is InChI=1S/C12H16N2O6/c1-8-3-9(13-20-8)18-4-10(15)14-6-12(2,7-14)19-5-11(16)17/h3H,4-7H2,1-2H3,(H,16,17). The number of hydrogen-bond acceptors (Lipinski definition) is 6. The first-order valence-electron chi connectivity index (χ1n) is 6.08. The van der Waals surface area contributed by atoms with Gasteiger partial charge in [0, 0.05) is 6.07 Å². The number of amides is 1. The first kappa shape index (κ1) is 14.3. The number of hydrogen-bond donors (Lipinski definition) is 1. The fraction of sp³-hybridized carbons (Fsp3) is 0.583. The van der Waals surface area contributed by atoms with Crippen LogP contribution >= 0.6 is 0 Å². The number of carboxylic acid groups (broad SMARTS) is 1. The fourth-order valence-electron chi connectivity index (χ4n) is 1.90. The van der Waals surface area contributed by atoms with Crippen LogP contribution in [0.1, 0.15) is 12.7 Å². The minimum atomic E-state index is -1.03. The summed E-state index contributed by atoms with van der Waals surface area (Å²) in [5, 5.41) is 12.2. The number of nitrogens with zero attached hydrogens (tertiary/aromatic N) is 2. The van der Waals surface area contributed by atoms with Crippen molar-refractivity contribution in [2.24, 2.45) is 0 Å². The van der Waals surface area contributed by atoms with Crippen molar-refractivity contribution in [3.8, 4) is 5.88 Å². The molecule has 0 atom stereocenters. The van der Waals surface area contributed by atoms with E-state index < -0.39 is 11.6 Å². The molecule has 2 rings (SSSR count). The number of rotatable bonds is 6. The van der Waals surface area contributed by atoms with Gasteiger partial charge in [0.05, 0.1) is 13.1 Å². The second kappa shape index (κ2) is 5.49. The van der Waals surface area contributed by atoms with E-state index in [4.69, 9.17) is 19.1 Å². The van der Waals surface area contributed by atoms with Crippen molar-refractivity contribution in [2.45, 2.75) is 19.4 Å². The zero-order valence-electron chi connectivity index (χ0n) is 11.3. The topological polar surface area (TPSA) is 102 Å². The zero-order valence-corrected chi connectivity index (χ0v) is 11.3. The summed E-state index contributed by atoms with van der Waals surface area (Å²) in [7, 11) is 0. The predicted octanol–water partition coefficient (Wildman–Crippen LogP) is 0.0639. The molecule has 1 aromatic heterocycles. The van der Waals surface area contributed by atoms with Crippen LogP contribution in [-0.4, -0.2) is 58.9 Å². The Morgan fingerprint density at radius 1 is 1.50 bits per heavy atom. The number of carbonyl (C=O) groups excluding carboxylic acids is 1. The van der Waals surface area contributed by atoms with Gasteiger partial charge in [-0.3, -0.25) is 4.79 Å².